The van der Waals surface area contributed by atoms with E-state index < -0.39 is 36.5 Å². The predicted molar refractivity (Wildman–Crippen MR) is 61.9 cm³/mol. The lowest BCUT2D eigenvalue weighted by Gasteiger charge is -2.10. The number of rotatable bonds is 4. The summed E-state index contributed by atoms with van der Waals surface area (Å²) in [5, 5.41) is 10.8. The summed E-state index contributed by atoms with van der Waals surface area (Å²) in [6.45, 7) is 3.18. The van der Waals surface area contributed by atoms with Gasteiger partial charge in [-0.3, -0.25) is 10.1 Å². The summed E-state index contributed by atoms with van der Waals surface area (Å²) in [6, 6.07) is 1.17. The molecule has 0 atom stereocenters. The number of nitrogens with zero attached hydrogens (tertiary/aromatic N) is 1. The molecule has 0 saturated heterocycles. The highest BCUT2D eigenvalue weighted by Gasteiger charge is 2.26. The van der Waals surface area contributed by atoms with E-state index >= 15 is 0 Å². The summed E-state index contributed by atoms with van der Waals surface area (Å²) in [5.74, 6) is -1.55. The number of halogens is 2. The van der Waals surface area contributed by atoms with Crippen molar-refractivity contribution in [2.75, 3.05) is 0 Å². The maximum atomic E-state index is 13.5. The van der Waals surface area contributed by atoms with Gasteiger partial charge in [0.05, 0.1) is 11.0 Å². The molecule has 1 rings (SSSR count). The highest BCUT2D eigenvalue weighted by atomic mass is 35.7. The molecule has 1 aromatic carbocycles. The van der Waals surface area contributed by atoms with Gasteiger partial charge in [-0.2, -0.15) is 0 Å². The van der Waals surface area contributed by atoms with Crippen molar-refractivity contribution in [1.29, 1.82) is 0 Å². The number of hydrogen-bond acceptors (Lipinski definition) is 5. The molecule has 0 saturated carbocycles. The number of benzene rings is 1. The average molecular weight is 298 g/mol. The Kier molecular flexibility index (Phi) is 4.12. The zero-order chi connectivity index (χ0) is 14.1. The number of ether oxygens (including phenoxy) is 1. The molecule has 0 aliphatic heterocycles. The summed E-state index contributed by atoms with van der Waals surface area (Å²) >= 11 is 0. The highest BCUT2D eigenvalue weighted by Crippen LogP contribution is 2.33. The third-order valence-corrected chi connectivity index (χ3v) is 3.17. The molecule has 0 N–H and O–H groups in total. The van der Waals surface area contributed by atoms with Crippen LogP contribution in [0.25, 0.3) is 0 Å². The molecule has 0 spiro atoms. The first-order chi connectivity index (χ1) is 8.12. The van der Waals surface area contributed by atoms with Gasteiger partial charge in [0.15, 0.2) is 5.75 Å². The van der Waals surface area contributed by atoms with Gasteiger partial charge >= 0.3 is 5.69 Å². The van der Waals surface area contributed by atoms with E-state index in [0.717, 1.165) is 0 Å². The zero-order valence-electron chi connectivity index (χ0n) is 9.38. The Morgan fingerprint density at radius 3 is 2.39 bits per heavy atom. The van der Waals surface area contributed by atoms with Crippen LogP contribution >= 0.6 is 10.7 Å². The van der Waals surface area contributed by atoms with Crippen LogP contribution in [-0.2, 0) is 9.05 Å². The van der Waals surface area contributed by atoms with Crippen LogP contribution < -0.4 is 4.74 Å². The maximum Gasteiger partial charge on any atom is 0.312 e. The van der Waals surface area contributed by atoms with Gasteiger partial charge in [0.1, 0.15) is 10.7 Å². The average Bonchev–Trinajstić information content (AvgIpc) is 2.13. The summed E-state index contributed by atoms with van der Waals surface area (Å²) in [6.07, 6.45) is -0.429. The minimum absolute atomic E-state index is 0.350. The van der Waals surface area contributed by atoms with Gasteiger partial charge in [0, 0.05) is 22.8 Å². The lowest BCUT2D eigenvalue weighted by atomic mass is 10.3. The summed E-state index contributed by atoms with van der Waals surface area (Å²) in [5.41, 5.74) is -0.663. The number of nitro benzene ring substituents is 1. The van der Waals surface area contributed by atoms with E-state index in [2.05, 4.69) is 0 Å². The highest BCUT2D eigenvalue weighted by molar-refractivity contribution is 8.13. The molecule has 0 unspecified atom stereocenters. The molecule has 0 bridgehead atoms. The van der Waals surface area contributed by atoms with Gasteiger partial charge in [-0.25, -0.2) is 12.8 Å². The summed E-state index contributed by atoms with van der Waals surface area (Å²) in [4.78, 5) is 8.93. The molecule has 0 amide bonds. The van der Waals surface area contributed by atoms with E-state index in [-0.39, 0.29) is 5.75 Å². The van der Waals surface area contributed by atoms with E-state index in [1.807, 2.05) is 0 Å². The summed E-state index contributed by atoms with van der Waals surface area (Å²) in [7, 11) is 0.570. The lowest BCUT2D eigenvalue weighted by Crippen LogP contribution is -2.09. The van der Waals surface area contributed by atoms with E-state index in [0.29, 0.717) is 12.1 Å². The van der Waals surface area contributed by atoms with Crippen molar-refractivity contribution in [1.82, 2.24) is 0 Å². The fraction of sp³-hybridized carbons (Fsp3) is 0.333. The van der Waals surface area contributed by atoms with Crippen molar-refractivity contribution in [2.24, 2.45) is 0 Å². The van der Waals surface area contributed by atoms with Gasteiger partial charge in [0.25, 0.3) is 9.05 Å². The first kappa shape index (κ1) is 14.7. The second kappa shape index (κ2) is 5.07. The third-order valence-electron chi connectivity index (χ3n) is 1.84. The van der Waals surface area contributed by atoms with E-state index in [9.17, 15) is 22.9 Å². The molecule has 0 aromatic heterocycles. The van der Waals surface area contributed by atoms with Crippen molar-refractivity contribution in [3.63, 3.8) is 0 Å². The molecule has 0 aliphatic rings. The molecule has 100 valence electrons. The van der Waals surface area contributed by atoms with Gasteiger partial charge in [-0.15, -0.1) is 0 Å². The molecule has 0 heterocycles. The second-order valence-corrected chi connectivity index (χ2v) is 6.15. The Morgan fingerprint density at radius 1 is 1.44 bits per heavy atom. The van der Waals surface area contributed by atoms with E-state index in [1.54, 1.807) is 13.8 Å². The van der Waals surface area contributed by atoms with Crippen molar-refractivity contribution in [2.45, 2.75) is 24.8 Å². The molecule has 1 aromatic rings. The smallest absolute Gasteiger partial charge is 0.312 e. The molecule has 0 aliphatic carbocycles. The van der Waals surface area contributed by atoms with Crippen LogP contribution in [0.2, 0.25) is 0 Å². The summed E-state index contributed by atoms with van der Waals surface area (Å²) < 4.78 is 40.6. The van der Waals surface area contributed by atoms with Crippen LogP contribution in [0.15, 0.2) is 17.0 Å². The van der Waals surface area contributed by atoms with Crippen molar-refractivity contribution in [3.8, 4) is 5.75 Å². The van der Waals surface area contributed by atoms with Gasteiger partial charge in [-0.1, -0.05) is 0 Å². The third kappa shape index (κ3) is 3.30. The number of hydrogen-bond donors (Lipinski definition) is 0. The normalized spacial score (nSPS) is 11.6. The van der Waals surface area contributed by atoms with Gasteiger partial charge < -0.3 is 4.74 Å². The fourth-order valence-electron chi connectivity index (χ4n) is 1.20. The molecule has 0 radical (unpaired) electrons. The molecular formula is C9H9ClFNO5S. The quantitative estimate of drug-likeness (QED) is 0.484. The Balaban J connectivity index is 3.49. The Bertz CT molecular complexity index is 587. The van der Waals surface area contributed by atoms with Crippen LogP contribution in [-0.4, -0.2) is 19.4 Å². The second-order valence-electron chi connectivity index (χ2n) is 3.61. The minimum Gasteiger partial charge on any atom is -0.484 e. The molecular weight excluding hydrogens is 289 g/mol. The van der Waals surface area contributed by atoms with E-state index in [4.69, 9.17) is 15.4 Å². The van der Waals surface area contributed by atoms with Crippen LogP contribution in [0, 0.1) is 15.9 Å². The predicted octanol–water partition coefficient (Wildman–Crippen LogP) is 2.45. The molecule has 18 heavy (non-hydrogen) atoms. The van der Waals surface area contributed by atoms with Crippen molar-refractivity contribution < 1.29 is 22.5 Å². The monoisotopic (exact) mass is 297 g/mol. The zero-order valence-corrected chi connectivity index (χ0v) is 11.0. The molecule has 0 fully saturated rings. The first-order valence-corrected chi connectivity index (χ1v) is 7.03. The van der Waals surface area contributed by atoms with Crippen molar-refractivity contribution >= 4 is 25.4 Å². The van der Waals surface area contributed by atoms with Crippen molar-refractivity contribution in [3.05, 3.63) is 28.1 Å². The molecule has 6 nitrogen and oxygen atoms in total. The minimum atomic E-state index is -4.40. The Hall–Kier alpha value is -1.41. The first-order valence-electron chi connectivity index (χ1n) is 4.72. The van der Waals surface area contributed by atoms with Crippen LogP contribution in [0.1, 0.15) is 13.8 Å². The SMILES string of the molecule is CC(C)Oc1cc(F)c(S(=O)(=O)Cl)cc1[N+](=O)[O-]. The van der Waals surface area contributed by atoms with Gasteiger partial charge in [-0.05, 0) is 13.8 Å². The van der Waals surface area contributed by atoms with Crippen LogP contribution in [0.4, 0.5) is 10.1 Å². The standard InChI is InChI=1S/C9H9ClFNO5S/c1-5(2)17-8-3-6(11)9(18(10,15)16)4-7(8)12(13)14/h3-5H,1-2H3. The van der Waals surface area contributed by atoms with E-state index in [1.165, 1.54) is 0 Å². The topological polar surface area (TPSA) is 86.5 Å². The van der Waals surface area contributed by atoms with Gasteiger partial charge in [0.2, 0.25) is 0 Å². The fourth-order valence-corrected chi connectivity index (χ4v) is 2.10. The largest absolute Gasteiger partial charge is 0.484 e. The maximum absolute atomic E-state index is 13.5. The lowest BCUT2D eigenvalue weighted by molar-refractivity contribution is -0.386. The molecule has 9 heteroatoms. The Morgan fingerprint density at radius 2 is 2.00 bits per heavy atom. The Labute approximate surface area is 107 Å². The number of nitro groups is 1. The van der Waals surface area contributed by atoms with Crippen LogP contribution in [0.3, 0.4) is 0 Å². The van der Waals surface area contributed by atoms with Crippen LogP contribution in [0.5, 0.6) is 5.75 Å².